The first-order valence-corrected chi connectivity index (χ1v) is 4.73. The van der Waals surface area contributed by atoms with Crippen molar-refractivity contribution in [1.82, 2.24) is 0 Å². The van der Waals surface area contributed by atoms with E-state index in [1.165, 1.54) is 12.1 Å². The molecular formula is C8H6BrClFNO. The summed E-state index contributed by atoms with van der Waals surface area (Å²) >= 11 is 8.32. The van der Waals surface area contributed by atoms with Gasteiger partial charge in [-0.25, -0.2) is 4.39 Å². The molecule has 0 spiro atoms. The molecule has 0 unspecified atom stereocenters. The number of rotatable bonds is 2. The second kappa shape index (κ2) is 4.07. The molecule has 2 nitrogen and oxygen atoms in total. The van der Waals surface area contributed by atoms with Crippen LogP contribution in [0.15, 0.2) is 16.6 Å². The number of hydrogen-bond donors (Lipinski definition) is 1. The van der Waals surface area contributed by atoms with E-state index >= 15 is 0 Å². The number of alkyl halides is 1. The summed E-state index contributed by atoms with van der Waals surface area (Å²) in [6.45, 7) is 0. The molecule has 0 heterocycles. The molecule has 0 atom stereocenters. The average Bonchev–Trinajstić information content (AvgIpc) is 2.13. The van der Waals surface area contributed by atoms with Crippen LogP contribution in [-0.2, 0) is 0 Å². The molecule has 0 bridgehead atoms. The molecule has 13 heavy (non-hydrogen) atoms. The molecule has 5 heteroatoms. The van der Waals surface area contributed by atoms with E-state index in [1.807, 2.05) is 0 Å². The molecule has 0 saturated carbocycles. The van der Waals surface area contributed by atoms with Gasteiger partial charge in [0.1, 0.15) is 0 Å². The third-order valence-corrected chi connectivity index (χ3v) is 2.48. The number of benzene rings is 1. The molecule has 1 aromatic carbocycles. The number of carbonyl (C=O) groups excluding carboxylic acids is 1. The number of halogens is 3. The minimum Gasteiger partial charge on any atom is -0.395 e. The lowest BCUT2D eigenvalue weighted by atomic mass is 10.1. The molecule has 1 rings (SSSR count). The van der Waals surface area contributed by atoms with E-state index in [2.05, 4.69) is 15.9 Å². The lowest BCUT2D eigenvalue weighted by molar-refractivity contribution is 0.101. The zero-order chi connectivity index (χ0) is 10.0. The van der Waals surface area contributed by atoms with Crippen LogP contribution in [0.3, 0.4) is 0 Å². The van der Waals surface area contributed by atoms with Gasteiger partial charge >= 0.3 is 0 Å². The first kappa shape index (κ1) is 10.5. The molecule has 1 aromatic rings. The van der Waals surface area contributed by atoms with Gasteiger partial charge in [-0.1, -0.05) is 0 Å². The normalized spacial score (nSPS) is 10.1. The van der Waals surface area contributed by atoms with Crippen molar-refractivity contribution in [3.63, 3.8) is 0 Å². The van der Waals surface area contributed by atoms with Crippen molar-refractivity contribution in [2.75, 3.05) is 11.6 Å². The zero-order valence-electron chi connectivity index (χ0n) is 6.48. The highest BCUT2D eigenvalue weighted by Crippen LogP contribution is 2.25. The van der Waals surface area contributed by atoms with Crippen molar-refractivity contribution >= 4 is 39.0 Å². The highest BCUT2D eigenvalue weighted by atomic mass is 79.9. The van der Waals surface area contributed by atoms with Crippen LogP contribution >= 0.6 is 27.5 Å². The van der Waals surface area contributed by atoms with Gasteiger partial charge in [-0.2, -0.15) is 0 Å². The Morgan fingerprint density at radius 2 is 2.23 bits per heavy atom. The third kappa shape index (κ3) is 2.00. The van der Waals surface area contributed by atoms with Gasteiger partial charge in [0.05, 0.1) is 17.1 Å². The molecule has 0 radical (unpaired) electrons. The van der Waals surface area contributed by atoms with Crippen molar-refractivity contribution in [2.45, 2.75) is 0 Å². The summed E-state index contributed by atoms with van der Waals surface area (Å²) in [5.41, 5.74) is 5.21. The van der Waals surface area contributed by atoms with Gasteiger partial charge in [-0.3, -0.25) is 4.79 Å². The second-order valence-corrected chi connectivity index (χ2v) is 3.50. The predicted octanol–water partition coefficient (Wildman–Crippen LogP) is 2.59. The van der Waals surface area contributed by atoms with Crippen molar-refractivity contribution in [2.24, 2.45) is 0 Å². The predicted molar refractivity (Wildman–Crippen MR) is 53.6 cm³/mol. The van der Waals surface area contributed by atoms with Gasteiger partial charge in [-0.05, 0) is 28.1 Å². The topological polar surface area (TPSA) is 43.1 Å². The summed E-state index contributed by atoms with van der Waals surface area (Å²) in [6, 6.07) is 2.86. The summed E-state index contributed by atoms with van der Waals surface area (Å²) in [6.07, 6.45) is 0. The minimum absolute atomic E-state index is 0.0732. The van der Waals surface area contributed by atoms with E-state index < -0.39 is 11.6 Å². The molecule has 0 aliphatic rings. The molecular weight excluding hydrogens is 260 g/mol. The van der Waals surface area contributed by atoms with Crippen LogP contribution in [0.5, 0.6) is 0 Å². The van der Waals surface area contributed by atoms with Crippen molar-refractivity contribution in [3.8, 4) is 0 Å². The molecule has 0 aliphatic carbocycles. The number of hydrogen-bond acceptors (Lipinski definition) is 2. The fourth-order valence-corrected chi connectivity index (χ4v) is 1.31. The Bertz CT molecular complexity index is 356. The maximum atomic E-state index is 13.3. The number of nitrogens with two attached hydrogens (primary N) is 1. The zero-order valence-corrected chi connectivity index (χ0v) is 8.82. The van der Waals surface area contributed by atoms with Crippen molar-refractivity contribution in [1.29, 1.82) is 0 Å². The molecule has 0 fully saturated rings. The standard InChI is InChI=1S/C8H6BrClFNO/c9-5-2-1-4(6(13)3-10)7(11)8(5)12/h1-2H,3,12H2. The monoisotopic (exact) mass is 265 g/mol. The average molecular weight is 266 g/mol. The fraction of sp³-hybridized carbons (Fsp3) is 0.125. The Hall–Kier alpha value is -0.610. The number of nitrogen functional groups attached to an aromatic ring is 1. The number of anilines is 1. The van der Waals surface area contributed by atoms with Crippen LogP contribution in [0.2, 0.25) is 0 Å². The van der Waals surface area contributed by atoms with E-state index in [1.54, 1.807) is 0 Å². The first-order chi connectivity index (χ1) is 6.07. The molecule has 70 valence electrons. The highest BCUT2D eigenvalue weighted by molar-refractivity contribution is 9.10. The smallest absolute Gasteiger partial charge is 0.180 e. The van der Waals surface area contributed by atoms with Crippen molar-refractivity contribution in [3.05, 3.63) is 28.0 Å². The highest BCUT2D eigenvalue weighted by Gasteiger charge is 2.14. The van der Waals surface area contributed by atoms with Crippen LogP contribution in [0.25, 0.3) is 0 Å². The van der Waals surface area contributed by atoms with Gasteiger partial charge < -0.3 is 5.73 Å². The van der Waals surface area contributed by atoms with Crippen molar-refractivity contribution < 1.29 is 9.18 Å². The first-order valence-electron chi connectivity index (χ1n) is 3.40. The van der Waals surface area contributed by atoms with E-state index in [0.29, 0.717) is 4.47 Å². The summed E-state index contributed by atoms with van der Waals surface area (Å²) in [7, 11) is 0. The van der Waals surface area contributed by atoms with Crippen LogP contribution in [0, 0.1) is 5.82 Å². The van der Waals surface area contributed by atoms with E-state index in [4.69, 9.17) is 17.3 Å². The van der Waals surface area contributed by atoms with Gasteiger partial charge in [-0.15, -0.1) is 11.6 Å². The summed E-state index contributed by atoms with van der Waals surface area (Å²) in [4.78, 5) is 11.1. The number of carbonyl (C=O) groups is 1. The van der Waals surface area contributed by atoms with Crippen LogP contribution < -0.4 is 5.73 Å². The summed E-state index contributed by atoms with van der Waals surface area (Å²) < 4.78 is 13.7. The van der Waals surface area contributed by atoms with E-state index in [0.717, 1.165) is 0 Å². The Kier molecular flexibility index (Phi) is 3.27. The van der Waals surface area contributed by atoms with Crippen LogP contribution in [0.1, 0.15) is 10.4 Å². The Morgan fingerprint density at radius 3 is 2.77 bits per heavy atom. The number of Topliss-reactive ketones (excluding diaryl/α,β-unsaturated/α-hetero) is 1. The van der Waals surface area contributed by atoms with Crippen LogP contribution in [-0.4, -0.2) is 11.7 Å². The van der Waals surface area contributed by atoms with Gasteiger partial charge in [0.15, 0.2) is 11.6 Å². The molecule has 0 saturated heterocycles. The molecule has 0 amide bonds. The van der Waals surface area contributed by atoms with E-state index in [-0.39, 0.29) is 17.1 Å². The van der Waals surface area contributed by atoms with E-state index in [9.17, 15) is 9.18 Å². The number of ketones is 1. The lowest BCUT2D eigenvalue weighted by Gasteiger charge is -2.04. The SMILES string of the molecule is Nc1c(Br)ccc(C(=O)CCl)c1F. The largest absolute Gasteiger partial charge is 0.395 e. The fourth-order valence-electron chi connectivity index (χ4n) is 0.857. The van der Waals surface area contributed by atoms with Gasteiger partial charge in [0.25, 0.3) is 0 Å². The second-order valence-electron chi connectivity index (χ2n) is 2.38. The minimum atomic E-state index is -0.722. The molecule has 0 aliphatic heterocycles. The van der Waals surface area contributed by atoms with Gasteiger partial charge in [0, 0.05) is 4.47 Å². The maximum Gasteiger partial charge on any atom is 0.180 e. The van der Waals surface area contributed by atoms with Crippen LogP contribution in [0.4, 0.5) is 10.1 Å². The maximum absolute atomic E-state index is 13.3. The third-order valence-electron chi connectivity index (χ3n) is 1.55. The Balaban J connectivity index is 3.26. The molecule has 2 N–H and O–H groups in total. The van der Waals surface area contributed by atoms with Gasteiger partial charge in [0.2, 0.25) is 0 Å². The molecule has 0 aromatic heterocycles. The quantitative estimate of drug-likeness (QED) is 0.508. The summed E-state index contributed by atoms with van der Waals surface area (Å²) in [5, 5.41) is 0. The Labute approximate surface area is 88.0 Å². The lowest BCUT2D eigenvalue weighted by Crippen LogP contribution is -2.06. The summed E-state index contributed by atoms with van der Waals surface area (Å²) in [5.74, 6) is -1.45. The Morgan fingerprint density at radius 1 is 1.62 bits per heavy atom.